The van der Waals surface area contributed by atoms with Crippen molar-refractivity contribution in [3.8, 4) is 0 Å². The Kier molecular flexibility index (Phi) is 23.0. The second-order valence-corrected chi connectivity index (χ2v) is 11.9. The Bertz CT molecular complexity index is 608. The van der Waals surface area contributed by atoms with Gasteiger partial charge >= 0.3 is 11.9 Å². The summed E-state index contributed by atoms with van der Waals surface area (Å²) in [5.41, 5.74) is 0. The Balaban J connectivity index is 5.04. The van der Waals surface area contributed by atoms with Gasteiger partial charge in [-0.2, -0.15) is 0 Å². The number of carboxylic acid groups (broad SMARTS) is 3. The van der Waals surface area contributed by atoms with Crippen LogP contribution in [0.25, 0.3) is 0 Å². The van der Waals surface area contributed by atoms with Gasteiger partial charge in [0.1, 0.15) is 6.04 Å². The molecule has 0 fully saturated rings. The molecule has 0 amide bonds. The first-order valence-electron chi connectivity index (χ1n) is 16.8. The van der Waals surface area contributed by atoms with Gasteiger partial charge in [0, 0.05) is 19.3 Å². The summed E-state index contributed by atoms with van der Waals surface area (Å²) in [5.74, 6) is -3.55. The standard InChI is InChI=1S/C33H63NO6/c1-5-9-10-11-12-13-14-15-16-17-18-19-20-21-22-23-27-34(28(24-6-2)31(35)36,29(25-7-3)32(37)38)30(26-8-4)33(39)40/h28-30H,5-27H2,1-4H3,(H2-,35,36,37,38,39,40). The van der Waals surface area contributed by atoms with E-state index in [1.165, 1.54) is 77.0 Å². The minimum atomic E-state index is -1.33. The zero-order chi connectivity index (χ0) is 30.2. The molecule has 3 unspecified atom stereocenters. The Morgan fingerprint density at radius 2 is 0.800 bits per heavy atom. The van der Waals surface area contributed by atoms with Crippen molar-refractivity contribution in [2.45, 2.75) is 187 Å². The van der Waals surface area contributed by atoms with E-state index in [4.69, 9.17) is 0 Å². The SMILES string of the molecule is CCCCCCCCCCCCCCCCCC[N+](C(CCC)C(=O)[O-])(C(CCC)C(=O)O)C(CCC)C(=O)O. The maximum atomic E-state index is 12.5. The Morgan fingerprint density at radius 3 is 1.07 bits per heavy atom. The molecule has 236 valence electrons. The number of carboxylic acids is 3. The van der Waals surface area contributed by atoms with E-state index in [-0.39, 0.29) is 25.8 Å². The van der Waals surface area contributed by atoms with Crippen LogP contribution in [0.1, 0.15) is 169 Å². The smallest absolute Gasteiger partial charge is 0.362 e. The van der Waals surface area contributed by atoms with Crippen molar-refractivity contribution < 1.29 is 34.2 Å². The fraction of sp³-hybridized carbons (Fsp3) is 0.909. The third kappa shape index (κ3) is 14.3. The molecule has 0 bridgehead atoms. The van der Waals surface area contributed by atoms with Crippen molar-refractivity contribution in [2.75, 3.05) is 6.54 Å². The second kappa shape index (κ2) is 24.0. The highest BCUT2D eigenvalue weighted by Crippen LogP contribution is 2.34. The predicted octanol–water partition coefficient (Wildman–Crippen LogP) is 7.49. The van der Waals surface area contributed by atoms with E-state index in [1.807, 2.05) is 20.8 Å². The van der Waals surface area contributed by atoms with Gasteiger partial charge in [-0.05, 0) is 25.7 Å². The summed E-state index contributed by atoms with van der Waals surface area (Å²) in [6.45, 7) is 8.07. The Labute approximate surface area is 245 Å². The lowest BCUT2D eigenvalue weighted by Gasteiger charge is -2.52. The highest BCUT2D eigenvalue weighted by molar-refractivity contribution is 5.77. The number of aliphatic carboxylic acids is 3. The van der Waals surface area contributed by atoms with Crippen molar-refractivity contribution >= 4 is 17.9 Å². The number of carbonyl (C=O) groups is 3. The molecule has 0 aliphatic carbocycles. The third-order valence-electron chi connectivity index (χ3n) is 8.67. The Hall–Kier alpha value is -1.63. The van der Waals surface area contributed by atoms with Crippen molar-refractivity contribution in [1.29, 1.82) is 0 Å². The molecular formula is C33H63NO6. The number of carbonyl (C=O) groups excluding carboxylic acids is 1. The van der Waals surface area contributed by atoms with Gasteiger partial charge in [0.25, 0.3) is 0 Å². The molecule has 7 nitrogen and oxygen atoms in total. The monoisotopic (exact) mass is 569 g/mol. The molecule has 0 saturated heterocycles. The molecule has 0 aliphatic rings. The molecule has 0 saturated carbocycles. The normalized spacial score (nSPS) is 15.3. The number of hydrogen-bond acceptors (Lipinski definition) is 4. The van der Waals surface area contributed by atoms with Crippen LogP contribution < -0.4 is 5.11 Å². The van der Waals surface area contributed by atoms with Gasteiger partial charge in [0.15, 0.2) is 12.1 Å². The molecule has 40 heavy (non-hydrogen) atoms. The largest absolute Gasteiger partial charge is 0.544 e. The van der Waals surface area contributed by atoms with Crippen molar-refractivity contribution in [3.63, 3.8) is 0 Å². The molecule has 0 radical (unpaired) electrons. The summed E-state index contributed by atoms with van der Waals surface area (Å²) in [6.07, 6.45) is 21.7. The predicted molar refractivity (Wildman–Crippen MR) is 161 cm³/mol. The van der Waals surface area contributed by atoms with Gasteiger partial charge in [0.05, 0.1) is 12.5 Å². The molecule has 0 rings (SSSR count). The van der Waals surface area contributed by atoms with E-state index < -0.39 is 40.5 Å². The molecule has 0 aromatic rings. The third-order valence-corrected chi connectivity index (χ3v) is 8.67. The zero-order valence-corrected chi connectivity index (χ0v) is 26.5. The van der Waals surface area contributed by atoms with Crippen molar-refractivity contribution in [2.24, 2.45) is 0 Å². The highest BCUT2D eigenvalue weighted by Gasteiger charge is 2.54. The summed E-state index contributed by atoms with van der Waals surface area (Å²) in [4.78, 5) is 37.6. The molecule has 2 N–H and O–H groups in total. The molecule has 3 atom stereocenters. The Morgan fingerprint density at radius 1 is 0.500 bits per heavy atom. The van der Waals surface area contributed by atoms with Crippen LogP contribution in [0.4, 0.5) is 0 Å². The number of hydrogen-bond donors (Lipinski definition) is 2. The van der Waals surface area contributed by atoms with Crippen LogP contribution in [0.2, 0.25) is 0 Å². The van der Waals surface area contributed by atoms with Crippen LogP contribution in [-0.2, 0) is 14.4 Å². The lowest BCUT2D eigenvalue weighted by molar-refractivity contribution is -0.975. The number of unbranched alkanes of at least 4 members (excludes halogenated alkanes) is 15. The first-order chi connectivity index (χ1) is 19.2. The van der Waals surface area contributed by atoms with Gasteiger partial charge < -0.3 is 20.1 Å². The highest BCUT2D eigenvalue weighted by atomic mass is 16.4. The molecule has 0 aromatic carbocycles. The minimum Gasteiger partial charge on any atom is -0.544 e. The van der Waals surface area contributed by atoms with E-state index in [9.17, 15) is 29.7 Å². The fourth-order valence-electron chi connectivity index (χ4n) is 6.57. The van der Waals surface area contributed by atoms with E-state index in [0.717, 1.165) is 19.3 Å². The number of quaternary nitrogens is 1. The van der Waals surface area contributed by atoms with Gasteiger partial charge in [0.2, 0.25) is 0 Å². The van der Waals surface area contributed by atoms with E-state index >= 15 is 0 Å². The summed E-state index contributed by atoms with van der Waals surface area (Å²) < 4.78 is -0.429. The van der Waals surface area contributed by atoms with Gasteiger partial charge in [-0.3, -0.25) is 4.48 Å². The fourth-order valence-corrected chi connectivity index (χ4v) is 6.57. The summed E-state index contributed by atoms with van der Waals surface area (Å²) >= 11 is 0. The maximum Gasteiger partial charge on any atom is 0.362 e. The van der Waals surface area contributed by atoms with Crippen LogP contribution >= 0.6 is 0 Å². The molecular weight excluding hydrogens is 506 g/mol. The first kappa shape index (κ1) is 38.4. The molecule has 7 heteroatoms. The van der Waals surface area contributed by atoms with Crippen LogP contribution in [0.15, 0.2) is 0 Å². The summed E-state index contributed by atoms with van der Waals surface area (Å²) in [6, 6.07) is -3.31. The van der Waals surface area contributed by atoms with E-state index in [1.54, 1.807) is 0 Å². The average molecular weight is 570 g/mol. The van der Waals surface area contributed by atoms with E-state index in [2.05, 4.69) is 6.92 Å². The van der Waals surface area contributed by atoms with Gasteiger partial charge in [-0.25, -0.2) is 9.59 Å². The maximum absolute atomic E-state index is 12.5. The van der Waals surface area contributed by atoms with Crippen LogP contribution in [0.3, 0.4) is 0 Å². The van der Waals surface area contributed by atoms with Gasteiger partial charge in [-0.1, -0.05) is 124 Å². The lowest BCUT2D eigenvalue weighted by atomic mass is 9.91. The van der Waals surface area contributed by atoms with Crippen molar-refractivity contribution in [1.82, 2.24) is 0 Å². The quantitative estimate of drug-likeness (QED) is 0.0712. The molecule has 0 aromatic heterocycles. The van der Waals surface area contributed by atoms with Crippen molar-refractivity contribution in [3.05, 3.63) is 0 Å². The minimum absolute atomic E-state index is 0.210. The topological polar surface area (TPSA) is 115 Å². The number of rotatable bonds is 29. The molecule has 0 spiro atoms. The lowest BCUT2D eigenvalue weighted by Crippen LogP contribution is -2.74. The van der Waals surface area contributed by atoms with Crippen LogP contribution in [0, 0.1) is 0 Å². The van der Waals surface area contributed by atoms with Crippen LogP contribution in [0.5, 0.6) is 0 Å². The molecule has 0 aliphatic heterocycles. The first-order valence-corrected chi connectivity index (χ1v) is 16.8. The average Bonchev–Trinajstić information content (AvgIpc) is 2.91. The molecule has 0 heterocycles. The second-order valence-electron chi connectivity index (χ2n) is 11.9. The summed E-state index contributed by atoms with van der Waals surface area (Å²) in [7, 11) is 0. The van der Waals surface area contributed by atoms with Crippen LogP contribution in [-0.4, -0.2) is 57.3 Å². The zero-order valence-electron chi connectivity index (χ0n) is 26.5. The summed E-state index contributed by atoms with van der Waals surface area (Å²) in [5, 5.41) is 33.0. The number of nitrogens with zero attached hydrogens (tertiary/aromatic N) is 1. The van der Waals surface area contributed by atoms with Gasteiger partial charge in [-0.15, -0.1) is 0 Å². The van der Waals surface area contributed by atoms with E-state index in [0.29, 0.717) is 25.7 Å².